The van der Waals surface area contributed by atoms with Gasteiger partial charge in [0.15, 0.2) is 5.65 Å². The smallest absolute Gasteiger partial charge is 0.178 e. The summed E-state index contributed by atoms with van der Waals surface area (Å²) in [6, 6.07) is 1.93. The van der Waals surface area contributed by atoms with Crippen LogP contribution in [-0.4, -0.2) is 15.0 Å². The first-order valence-electron chi connectivity index (χ1n) is 5.70. The maximum Gasteiger partial charge on any atom is 0.178 e. The molecule has 3 N–H and O–H groups in total. The van der Waals surface area contributed by atoms with Crippen LogP contribution >= 0.6 is 0 Å². The normalized spacial score (nSPS) is 15.2. The number of aromatic nitrogens is 3. The summed E-state index contributed by atoms with van der Waals surface area (Å²) in [6.07, 6.45) is 2.82. The fourth-order valence-electron chi connectivity index (χ4n) is 1.73. The van der Waals surface area contributed by atoms with E-state index in [1.165, 1.54) is 0 Å². The molecule has 2 rings (SSSR count). The number of imidazole rings is 1. The van der Waals surface area contributed by atoms with E-state index >= 15 is 0 Å². The molecular weight excluding hydrogens is 200 g/mol. The van der Waals surface area contributed by atoms with Crippen molar-refractivity contribution in [1.82, 2.24) is 15.0 Å². The van der Waals surface area contributed by atoms with Gasteiger partial charge < -0.3 is 10.7 Å². The summed E-state index contributed by atoms with van der Waals surface area (Å²) in [5.41, 5.74) is 9.05. The summed E-state index contributed by atoms with van der Waals surface area (Å²) in [7, 11) is 0. The minimum atomic E-state index is -0.0430. The van der Waals surface area contributed by atoms with E-state index in [4.69, 9.17) is 5.73 Å². The largest absolute Gasteiger partial charge is 0.339 e. The summed E-state index contributed by atoms with van der Waals surface area (Å²) in [6.45, 7) is 6.32. The van der Waals surface area contributed by atoms with Gasteiger partial charge in [-0.15, -0.1) is 0 Å². The number of fused-ring (bicyclic) bond motifs is 1. The zero-order valence-corrected chi connectivity index (χ0v) is 9.99. The minimum Gasteiger partial charge on any atom is -0.339 e. The van der Waals surface area contributed by atoms with Crippen molar-refractivity contribution in [1.29, 1.82) is 0 Å². The second kappa shape index (κ2) is 4.22. The molecule has 0 aromatic carbocycles. The van der Waals surface area contributed by atoms with E-state index in [-0.39, 0.29) is 6.04 Å². The molecule has 0 bridgehead atoms. The van der Waals surface area contributed by atoms with Gasteiger partial charge >= 0.3 is 0 Å². The molecule has 0 saturated heterocycles. The Morgan fingerprint density at radius 1 is 1.50 bits per heavy atom. The minimum absolute atomic E-state index is 0.0430. The van der Waals surface area contributed by atoms with Crippen molar-refractivity contribution in [2.45, 2.75) is 33.2 Å². The molecule has 0 aliphatic rings. The molecule has 2 atom stereocenters. The maximum atomic E-state index is 6.14. The molecule has 0 aliphatic carbocycles. The van der Waals surface area contributed by atoms with Crippen LogP contribution in [0.1, 0.15) is 37.7 Å². The molecule has 0 aliphatic heterocycles. The van der Waals surface area contributed by atoms with Gasteiger partial charge in [0, 0.05) is 6.20 Å². The number of hydrogen-bond donors (Lipinski definition) is 2. The summed E-state index contributed by atoms with van der Waals surface area (Å²) in [5.74, 6) is 1.26. The number of nitrogens with two attached hydrogens (primary N) is 1. The highest BCUT2D eigenvalue weighted by Crippen LogP contribution is 2.22. The number of nitrogens with zero attached hydrogens (tertiary/aromatic N) is 2. The van der Waals surface area contributed by atoms with Crippen LogP contribution in [0.3, 0.4) is 0 Å². The van der Waals surface area contributed by atoms with Crippen molar-refractivity contribution >= 4 is 11.2 Å². The van der Waals surface area contributed by atoms with E-state index in [9.17, 15) is 0 Å². The Bertz CT molecular complexity index is 489. The number of aromatic amines is 1. The van der Waals surface area contributed by atoms with Crippen LogP contribution in [0.15, 0.2) is 12.3 Å². The van der Waals surface area contributed by atoms with E-state index in [0.29, 0.717) is 5.92 Å². The monoisotopic (exact) mass is 218 g/mol. The lowest BCUT2D eigenvalue weighted by atomic mass is 10.00. The lowest BCUT2D eigenvalue weighted by Crippen LogP contribution is -2.19. The second-order valence-electron chi connectivity index (χ2n) is 4.36. The van der Waals surface area contributed by atoms with Gasteiger partial charge in [0.25, 0.3) is 0 Å². The van der Waals surface area contributed by atoms with Gasteiger partial charge in [-0.1, -0.05) is 20.3 Å². The van der Waals surface area contributed by atoms with Crippen LogP contribution in [-0.2, 0) is 0 Å². The van der Waals surface area contributed by atoms with Crippen LogP contribution in [0.25, 0.3) is 11.2 Å². The third-order valence-electron chi connectivity index (χ3n) is 3.19. The number of rotatable bonds is 3. The zero-order chi connectivity index (χ0) is 11.7. The molecular formula is C12H18N4. The highest BCUT2D eigenvalue weighted by atomic mass is 15.0. The quantitative estimate of drug-likeness (QED) is 0.830. The fraction of sp³-hybridized carbons (Fsp3) is 0.500. The van der Waals surface area contributed by atoms with Crippen molar-refractivity contribution in [3.63, 3.8) is 0 Å². The van der Waals surface area contributed by atoms with Crippen LogP contribution < -0.4 is 5.73 Å². The van der Waals surface area contributed by atoms with Crippen molar-refractivity contribution in [2.75, 3.05) is 0 Å². The Morgan fingerprint density at radius 3 is 2.88 bits per heavy atom. The maximum absolute atomic E-state index is 6.14. The SMILES string of the molecule is CCC(C)C(N)c1nc2nccc(C)c2[nH]1. The van der Waals surface area contributed by atoms with Gasteiger partial charge in [0.2, 0.25) is 0 Å². The van der Waals surface area contributed by atoms with E-state index in [0.717, 1.165) is 29.0 Å². The third-order valence-corrected chi connectivity index (χ3v) is 3.19. The van der Waals surface area contributed by atoms with Crippen LogP contribution in [0.4, 0.5) is 0 Å². The Hall–Kier alpha value is -1.42. The summed E-state index contributed by atoms with van der Waals surface area (Å²) in [5, 5.41) is 0. The van der Waals surface area contributed by atoms with Crippen LogP contribution in [0.2, 0.25) is 0 Å². The van der Waals surface area contributed by atoms with Crippen molar-refractivity contribution in [3.05, 3.63) is 23.7 Å². The molecule has 4 nitrogen and oxygen atoms in total. The van der Waals surface area contributed by atoms with E-state index in [1.54, 1.807) is 6.20 Å². The van der Waals surface area contributed by atoms with Gasteiger partial charge in [-0.2, -0.15) is 0 Å². The Balaban J connectivity index is 2.43. The Morgan fingerprint density at radius 2 is 2.25 bits per heavy atom. The van der Waals surface area contributed by atoms with Crippen molar-refractivity contribution in [3.8, 4) is 0 Å². The molecule has 0 amide bonds. The average Bonchev–Trinajstić information content (AvgIpc) is 2.72. The number of hydrogen-bond acceptors (Lipinski definition) is 3. The molecule has 2 heterocycles. The highest BCUT2D eigenvalue weighted by molar-refractivity contribution is 5.74. The molecule has 2 aromatic rings. The lowest BCUT2D eigenvalue weighted by molar-refractivity contribution is 0.442. The van der Waals surface area contributed by atoms with Gasteiger partial charge in [0.1, 0.15) is 5.82 Å². The molecule has 16 heavy (non-hydrogen) atoms. The molecule has 0 radical (unpaired) electrons. The van der Waals surface area contributed by atoms with E-state index < -0.39 is 0 Å². The molecule has 86 valence electrons. The highest BCUT2D eigenvalue weighted by Gasteiger charge is 2.17. The third kappa shape index (κ3) is 1.80. The first-order chi connectivity index (χ1) is 7.63. The second-order valence-corrected chi connectivity index (χ2v) is 4.36. The summed E-state index contributed by atoms with van der Waals surface area (Å²) >= 11 is 0. The molecule has 0 saturated carbocycles. The van der Waals surface area contributed by atoms with Crippen LogP contribution in [0.5, 0.6) is 0 Å². The predicted octanol–water partition coefficient (Wildman–Crippen LogP) is 2.31. The predicted molar refractivity (Wildman–Crippen MR) is 65.0 cm³/mol. The van der Waals surface area contributed by atoms with Gasteiger partial charge in [0.05, 0.1) is 11.6 Å². The topological polar surface area (TPSA) is 67.6 Å². The molecule has 0 spiro atoms. The van der Waals surface area contributed by atoms with Gasteiger partial charge in [-0.25, -0.2) is 9.97 Å². The fourth-order valence-corrected chi connectivity index (χ4v) is 1.73. The first kappa shape index (κ1) is 11.1. The molecule has 4 heteroatoms. The summed E-state index contributed by atoms with van der Waals surface area (Å²) < 4.78 is 0. The standard InChI is InChI=1S/C12H18N4/c1-4-7(2)9(13)11-15-10-8(3)5-6-14-12(10)16-11/h5-7,9H,4,13H2,1-3H3,(H,14,15,16). The summed E-state index contributed by atoms with van der Waals surface area (Å²) in [4.78, 5) is 12.0. The average molecular weight is 218 g/mol. The number of aryl methyl sites for hydroxylation is 1. The lowest BCUT2D eigenvalue weighted by Gasteiger charge is -2.15. The molecule has 0 fully saturated rings. The van der Waals surface area contributed by atoms with E-state index in [1.807, 2.05) is 13.0 Å². The number of H-pyrrole nitrogens is 1. The van der Waals surface area contributed by atoms with Gasteiger partial charge in [-0.3, -0.25) is 0 Å². The van der Waals surface area contributed by atoms with Crippen molar-refractivity contribution < 1.29 is 0 Å². The van der Waals surface area contributed by atoms with E-state index in [2.05, 4.69) is 28.8 Å². The molecule has 2 aromatic heterocycles. The Kier molecular flexibility index (Phi) is 2.92. The zero-order valence-electron chi connectivity index (χ0n) is 9.99. The van der Waals surface area contributed by atoms with Gasteiger partial charge in [-0.05, 0) is 24.5 Å². The number of nitrogens with one attached hydrogen (secondary N) is 1. The van der Waals surface area contributed by atoms with Crippen LogP contribution in [0, 0.1) is 12.8 Å². The van der Waals surface area contributed by atoms with Crippen molar-refractivity contribution in [2.24, 2.45) is 11.7 Å². The molecule has 2 unspecified atom stereocenters. The number of pyridine rings is 1. The first-order valence-corrected chi connectivity index (χ1v) is 5.70. The Labute approximate surface area is 95.3 Å².